The third-order valence-electron chi connectivity index (χ3n) is 5.36. The van der Waals surface area contributed by atoms with Crippen molar-refractivity contribution in [1.29, 1.82) is 0 Å². The monoisotopic (exact) mass is 360 g/mol. The molecule has 0 radical (unpaired) electrons. The third-order valence-corrected chi connectivity index (χ3v) is 5.36. The van der Waals surface area contributed by atoms with Gasteiger partial charge in [0.1, 0.15) is 5.82 Å². The maximum Gasteiger partial charge on any atom is 0.345 e. The fourth-order valence-electron chi connectivity index (χ4n) is 3.87. The van der Waals surface area contributed by atoms with E-state index in [0.717, 1.165) is 42.2 Å². The van der Waals surface area contributed by atoms with Gasteiger partial charge in [-0.05, 0) is 45.6 Å². The van der Waals surface area contributed by atoms with Gasteiger partial charge in [-0.3, -0.25) is 14.5 Å². The highest BCUT2D eigenvalue weighted by Crippen LogP contribution is 2.26. The van der Waals surface area contributed by atoms with Gasteiger partial charge in [-0.1, -0.05) is 0 Å². The second-order valence-electron chi connectivity index (χ2n) is 7.10. The molecule has 3 rings (SSSR count). The Kier molecular flexibility index (Phi) is 5.29. The number of aryl methyl sites for hydroxylation is 3. The number of aromatic amines is 1. The second kappa shape index (κ2) is 7.47. The zero-order chi connectivity index (χ0) is 18.8. The molecule has 0 spiro atoms. The van der Waals surface area contributed by atoms with E-state index in [4.69, 9.17) is 0 Å². The van der Waals surface area contributed by atoms with Gasteiger partial charge in [0.2, 0.25) is 5.91 Å². The maximum atomic E-state index is 12.7. The van der Waals surface area contributed by atoms with Crippen LogP contribution in [0.4, 0.5) is 0 Å². The molecule has 2 aromatic rings. The lowest BCUT2D eigenvalue weighted by Gasteiger charge is -2.32. The largest absolute Gasteiger partial charge is 0.345 e. The summed E-state index contributed by atoms with van der Waals surface area (Å²) in [6.45, 7) is 7.92. The van der Waals surface area contributed by atoms with Crippen molar-refractivity contribution in [2.75, 3.05) is 13.1 Å². The average molecular weight is 360 g/mol. The molecule has 2 aromatic heterocycles. The number of H-pyrrole nitrogens is 1. The van der Waals surface area contributed by atoms with Gasteiger partial charge in [-0.25, -0.2) is 9.48 Å². The molecule has 0 aromatic carbocycles. The van der Waals surface area contributed by atoms with Crippen molar-refractivity contribution in [2.45, 2.75) is 58.9 Å². The van der Waals surface area contributed by atoms with Crippen LogP contribution in [0.1, 0.15) is 54.9 Å². The summed E-state index contributed by atoms with van der Waals surface area (Å²) >= 11 is 0. The quantitative estimate of drug-likeness (QED) is 0.870. The molecular formula is C18H28N6O2. The summed E-state index contributed by atoms with van der Waals surface area (Å²) in [6.07, 6.45) is 3.09. The minimum absolute atomic E-state index is 0.0862. The number of piperidine rings is 1. The lowest BCUT2D eigenvalue weighted by molar-refractivity contribution is -0.132. The molecule has 0 unspecified atom stereocenters. The summed E-state index contributed by atoms with van der Waals surface area (Å²) in [5.41, 5.74) is 3.05. The summed E-state index contributed by atoms with van der Waals surface area (Å²) < 4.78 is 3.11. The Balaban J connectivity index is 1.67. The SMILES string of the molecule is CCn1c([C@H]2CCCN(C(=O)CCc3c(C)n[nH]c3C)C2)nn(C)c1=O. The Labute approximate surface area is 153 Å². The van der Waals surface area contributed by atoms with E-state index < -0.39 is 0 Å². The van der Waals surface area contributed by atoms with Gasteiger partial charge >= 0.3 is 5.69 Å². The summed E-state index contributed by atoms with van der Waals surface area (Å²) in [4.78, 5) is 26.8. The van der Waals surface area contributed by atoms with Gasteiger partial charge in [-0.15, -0.1) is 0 Å². The molecule has 8 nitrogen and oxygen atoms in total. The smallest absolute Gasteiger partial charge is 0.342 e. The standard InChI is InChI=1S/C18H28N6O2/c1-5-24-17(21-22(4)18(24)26)14-7-6-10-23(11-14)16(25)9-8-15-12(2)19-20-13(15)3/h14H,5-11H2,1-4H3,(H,19,20)/t14-/m0/s1. The van der Waals surface area contributed by atoms with E-state index in [9.17, 15) is 9.59 Å². The summed E-state index contributed by atoms with van der Waals surface area (Å²) in [5.74, 6) is 1.09. The Morgan fingerprint density at radius 2 is 2.12 bits per heavy atom. The van der Waals surface area contributed by atoms with Crippen LogP contribution in [0.25, 0.3) is 0 Å². The van der Waals surface area contributed by atoms with E-state index in [1.807, 2.05) is 25.7 Å². The molecule has 1 amide bonds. The molecule has 142 valence electrons. The van der Waals surface area contributed by atoms with Gasteiger partial charge in [0.25, 0.3) is 0 Å². The fraction of sp³-hybridized carbons (Fsp3) is 0.667. The number of rotatable bonds is 5. The molecule has 3 heterocycles. The highest BCUT2D eigenvalue weighted by Gasteiger charge is 2.28. The van der Waals surface area contributed by atoms with E-state index in [2.05, 4.69) is 15.3 Å². The minimum atomic E-state index is -0.0862. The van der Waals surface area contributed by atoms with Crippen LogP contribution in [0, 0.1) is 13.8 Å². The van der Waals surface area contributed by atoms with Crippen molar-refractivity contribution < 1.29 is 4.79 Å². The van der Waals surface area contributed by atoms with Crippen LogP contribution in [-0.4, -0.2) is 48.4 Å². The first kappa shape index (κ1) is 18.4. The summed E-state index contributed by atoms with van der Waals surface area (Å²) in [5, 5.41) is 11.6. The predicted molar refractivity (Wildman–Crippen MR) is 98.1 cm³/mol. The van der Waals surface area contributed by atoms with E-state index in [0.29, 0.717) is 25.9 Å². The Bertz CT molecular complexity index is 827. The predicted octanol–water partition coefficient (Wildman–Crippen LogP) is 1.28. The first-order valence-corrected chi connectivity index (χ1v) is 9.34. The van der Waals surface area contributed by atoms with Gasteiger partial charge in [0.05, 0.1) is 5.69 Å². The highest BCUT2D eigenvalue weighted by molar-refractivity contribution is 5.76. The van der Waals surface area contributed by atoms with Gasteiger partial charge < -0.3 is 4.90 Å². The number of nitrogens with one attached hydrogen (secondary N) is 1. The molecule has 0 saturated carbocycles. The molecule has 1 N–H and O–H groups in total. The molecule has 0 aliphatic carbocycles. The van der Waals surface area contributed by atoms with Gasteiger partial charge in [0.15, 0.2) is 0 Å². The summed E-state index contributed by atoms with van der Waals surface area (Å²) in [7, 11) is 1.68. The average Bonchev–Trinajstić information content (AvgIpc) is 3.12. The molecule has 1 fully saturated rings. The number of nitrogens with zero attached hydrogens (tertiary/aromatic N) is 5. The minimum Gasteiger partial charge on any atom is -0.342 e. The number of hydrogen-bond donors (Lipinski definition) is 1. The van der Waals surface area contributed by atoms with Crippen molar-refractivity contribution in [3.8, 4) is 0 Å². The fourth-order valence-corrected chi connectivity index (χ4v) is 3.87. The molecule has 0 bridgehead atoms. The zero-order valence-electron chi connectivity index (χ0n) is 16.1. The van der Waals surface area contributed by atoms with Crippen LogP contribution < -0.4 is 5.69 Å². The van der Waals surface area contributed by atoms with Crippen molar-refractivity contribution in [1.82, 2.24) is 29.4 Å². The first-order valence-electron chi connectivity index (χ1n) is 9.34. The van der Waals surface area contributed by atoms with Crippen molar-refractivity contribution in [3.05, 3.63) is 33.3 Å². The van der Waals surface area contributed by atoms with Crippen molar-refractivity contribution in [2.24, 2.45) is 7.05 Å². The maximum absolute atomic E-state index is 12.7. The number of carbonyl (C=O) groups excluding carboxylic acids is 1. The molecule has 1 aliphatic heterocycles. The number of carbonyl (C=O) groups is 1. The number of aromatic nitrogens is 5. The van der Waals surface area contributed by atoms with Gasteiger partial charge in [-0.2, -0.15) is 10.2 Å². The molecule has 8 heteroatoms. The molecule has 26 heavy (non-hydrogen) atoms. The molecule has 1 saturated heterocycles. The Morgan fingerprint density at radius 3 is 2.77 bits per heavy atom. The lowest BCUT2D eigenvalue weighted by atomic mass is 9.96. The number of likely N-dealkylation sites (tertiary alicyclic amines) is 1. The summed E-state index contributed by atoms with van der Waals surface area (Å²) in [6, 6.07) is 0. The zero-order valence-corrected chi connectivity index (χ0v) is 16.1. The molecule has 1 aliphatic rings. The van der Waals surface area contributed by atoms with Crippen LogP contribution in [0.15, 0.2) is 4.79 Å². The van der Waals surface area contributed by atoms with E-state index in [1.165, 1.54) is 4.68 Å². The van der Waals surface area contributed by atoms with Crippen LogP contribution >= 0.6 is 0 Å². The third kappa shape index (κ3) is 3.45. The highest BCUT2D eigenvalue weighted by atomic mass is 16.2. The Morgan fingerprint density at radius 1 is 1.35 bits per heavy atom. The number of amides is 1. The van der Waals surface area contributed by atoms with Crippen LogP contribution in [0.2, 0.25) is 0 Å². The van der Waals surface area contributed by atoms with E-state index in [-0.39, 0.29) is 17.5 Å². The lowest BCUT2D eigenvalue weighted by Crippen LogP contribution is -2.40. The number of hydrogen-bond acceptors (Lipinski definition) is 4. The Hall–Kier alpha value is -2.38. The van der Waals surface area contributed by atoms with Crippen LogP contribution in [-0.2, 0) is 24.8 Å². The van der Waals surface area contributed by atoms with Crippen molar-refractivity contribution >= 4 is 5.91 Å². The van der Waals surface area contributed by atoms with E-state index in [1.54, 1.807) is 11.6 Å². The normalized spacial score (nSPS) is 17.7. The van der Waals surface area contributed by atoms with Crippen LogP contribution in [0.3, 0.4) is 0 Å². The van der Waals surface area contributed by atoms with Crippen LogP contribution in [0.5, 0.6) is 0 Å². The topological polar surface area (TPSA) is 88.8 Å². The first-order chi connectivity index (χ1) is 12.4. The molecule has 1 atom stereocenters. The molecular weight excluding hydrogens is 332 g/mol. The second-order valence-corrected chi connectivity index (χ2v) is 7.10. The van der Waals surface area contributed by atoms with Crippen molar-refractivity contribution in [3.63, 3.8) is 0 Å². The van der Waals surface area contributed by atoms with E-state index >= 15 is 0 Å². The van der Waals surface area contributed by atoms with Gasteiger partial charge in [0, 0.05) is 44.7 Å².